The maximum Gasteiger partial charge on any atom is 0.348 e. The number of aliphatic imine (C=N–C) groups is 1. The summed E-state index contributed by atoms with van der Waals surface area (Å²) in [4.78, 5) is 27.8. The molecule has 0 saturated carbocycles. The summed E-state index contributed by atoms with van der Waals surface area (Å²) in [6.45, 7) is 0.205. The van der Waals surface area contributed by atoms with Gasteiger partial charge in [-0.25, -0.2) is 4.79 Å². The largest absolute Gasteiger partial charge is 0.348 e. The van der Waals surface area contributed by atoms with Crippen molar-refractivity contribution in [1.82, 2.24) is 10.2 Å². The van der Waals surface area contributed by atoms with Gasteiger partial charge in [0.25, 0.3) is 0 Å². The van der Waals surface area contributed by atoms with Gasteiger partial charge in [0, 0.05) is 12.4 Å². The summed E-state index contributed by atoms with van der Waals surface area (Å²) < 4.78 is 0.583. The fourth-order valence-electron chi connectivity index (χ4n) is 1.29. The predicted molar refractivity (Wildman–Crippen MR) is 66.6 cm³/mol. The van der Waals surface area contributed by atoms with Crippen LogP contribution in [-0.2, 0) is 4.79 Å². The average Bonchev–Trinajstić information content (AvgIpc) is 2.74. The van der Waals surface area contributed by atoms with Gasteiger partial charge in [-0.2, -0.15) is 4.99 Å². The van der Waals surface area contributed by atoms with Crippen LogP contribution in [0.4, 0.5) is 10.5 Å². The van der Waals surface area contributed by atoms with E-state index in [1.54, 1.807) is 23.4 Å². The molecular weight excluding hydrogens is 264 g/mol. The van der Waals surface area contributed by atoms with E-state index >= 15 is 0 Å². The molecule has 0 bridgehead atoms. The van der Waals surface area contributed by atoms with Gasteiger partial charge >= 0.3 is 6.03 Å². The highest BCUT2D eigenvalue weighted by molar-refractivity contribution is 7.14. The number of carbonyl (C=O) groups is 2. The number of guanidine groups is 1. The molecule has 2 rings (SSSR count). The molecule has 0 aliphatic carbocycles. The minimum atomic E-state index is -0.552. The molecule has 0 spiro atoms. The van der Waals surface area contributed by atoms with Gasteiger partial charge in [-0.05, 0) is 6.07 Å². The molecule has 17 heavy (non-hydrogen) atoms. The zero-order valence-electron chi connectivity index (χ0n) is 8.86. The summed E-state index contributed by atoms with van der Waals surface area (Å²) in [5.74, 6) is 0.0615. The number of rotatable bonds is 1. The lowest BCUT2D eigenvalue weighted by atomic mass is 10.5. The Morgan fingerprint density at radius 1 is 1.71 bits per heavy atom. The van der Waals surface area contributed by atoms with Crippen LogP contribution in [0.25, 0.3) is 0 Å². The summed E-state index contributed by atoms with van der Waals surface area (Å²) in [6.07, 6.45) is 0. The van der Waals surface area contributed by atoms with Gasteiger partial charge in [-0.1, -0.05) is 11.6 Å². The number of halogens is 1. The van der Waals surface area contributed by atoms with Crippen molar-refractivity contribution in [3.8, 4) is 0 Å². The molecule has 0 unspecified atom stereocenters. The summed E-state index contributed by atoms with van der Waals surface area (Å²) in [5, 5.41) is 6.73. The fourth-order valence-corrected chi connectivity index (χ4v) is 2.10. The lowest BCUT2D eigenvalue weighted by Crippen LogP contribution is -2.29. The van der Waals surface area contributed by atoms with Crippen LogP contribution in [-0.4, -0.2) is 36.4 Å². The third kappa shape index (κ3) is 2.95. The van der Waals surface area contributed by atoms with E-state index in [4.69, 9.17) is 11.6 Å². The van der Waals surface area contributed by atoms with Crippen molar-refractivity contribution < 1.29 is 9.59 Å². The number of nitrogens with zero attached hydrogens (tertiary/aromatic N) is 2. The van der Waals surface area contributed by atoms with Gasteiger partial charge in [0.15, 0.2) is 0 Å². The molecule has 90 valence electrons. The van der Waals surface area contributed by atoms with Gasteiger partial charge in [-0.15, -0.1) is 11.3 Å². The molecule has 2 N–H and O–H groups in total. The van der Waals surface area contributed by atoms with Crippen LogP contribution in [0.15, 0.2) is 16.4 Å². The summed E-state index contributed by atoms with van der Waals surface area (Å²) in [5.41, 5.74) is 0.585. The third-order valence-electron chi connectivity index (χ3n) is 2.02. The second kappa shape index (κ2) is 4.72. The Bertz CT molecular complexity index is 499. The SMILES string of the molecule is CN1CC(=O)N/C1=N\C(=O)Nc1csc(Cl)c1. The molecule has 3 amide bonds. The highest BCUT2D eigenvalue weighted by atomic mass is 35.5. The van der Waals surface area contributed by atoms with Crippen LogP contribution in [0, 0.1) is 0 Å². The summed E-state index contributed by atoms with van der Waals surface area (Å²) >= 11 is 7.03. The van der Waals surface area contributed by atoms with Crippen molar-refractivity contribution in [2.24, 2.45) is 4.99 Å². The molecule has 1 aromatic rings. The van der Waals surface area contributed by atoms with Crippen LogP contribution < -0.4 is 10.6 Å². The Morgan fingerprint density at radius 2 is 2.47 bits per heavy atom. The Kier molecular flexibility index (Phi) is 3.30. The number of thiophene rings is 1. The van der Waals surface area contributed by atoms with E-state index < -0.39 is 6.03 Å². The van der Waals surface area contributed by atoms with Crippen LogP contribution in [0.2, 0.25) is 4.34 Å². The molecule has 2 heterocycles. The Hall–Kier alpha value is -1.60. The average molecular weight is 273 g/mol. The standard InChI is InChI=1S/C9H9ClN4O2S/c1-14-3-7(15)12-8(14)13-9(16)11-5-2-6(10)17-4-5/h2,4H,3H2,1H3,(H2,11,12,13,15,16). The number of nitrogens with one attached hydrogen (secondary N) is 2. The van der Waals surface area contributed by atoms with Gasteiger partial charge in [-0.3, -0.25) is 10.1 Å². The maximum atomic E-state index is 11.5. The van der Waals surface area contributed by atoms with Crippen molar-refractivity contribution in [2.75, 3.05) is 18.9 Å². The first-order valence-corrected chi connectivity index (χ1v) is 5.95. The number of hydrogen-bond donors (Lipinski definition) is 2. The molecule has 1 fully saturated rings. The van der Waals surface area contributed by atoms with Crippen molar-refractivity contribution in [3.63, 3.8) is 0 Å². The van der Waals surface area contributed by atoms with Crippen molar-refractivity contribution in [1.29, 1.82) is 0 Å². The lowest BCUT2D eigenvalue weighted by Gasteiger charge is -2.07. The highest BCUT2D eigenvalue weighted by Gasteiger charge is 2.22. The molecular formula is C9H9ClN4O2S. The van der Waals surface area contributed by atoms with Crippen molar-refractivity contribution in [2.45, 2.75) is 0 Å². The molecule has 8 heteroatoms. The predicted octanol–water partition coefficient (Wildman–Crippen LogP) is 1.35. The zero-order valence-corrected chi connectivity index (χ0v) is 10.4. The Morgan fingerprint density at radius 3 is 3.00 bits per heavy atom. The van der Waals surface area contributed by atoms with Crippen LogP contribution >= 0.6 is 22.9 Å². The monoisotopic (exact) mass is 272 g/mol. The van der Waals surface area contributed by atoms with E-state index in [1.807, 2.05) is 0 Å². The van der Waals surface area contributed by atoms with E-state index in [0.29, 0.717) is 10.0 Å². The van der Waals surface area contributed by atoms with Gasteiger partial charge < -0.3 is 10.2 Å². The molecule has 1 aromatic heterocycles. The van der Waals surface area contributed by atoms with E-state index in [1.165, 1.54) is 11.3 Å². The summed E-state index contributed by atoms with van der Waals surface area (Å²) in [7, 11) is 1.67. The second-order valence-electron chi connectivity index (χ2n) is 3.41. The topological polar surface area (TPSA) is 73.8 Å². The minimum Gasteiger partial charge on any atom is -0.336 e. The Balaban J connectivity index is 2.02. The fraction of sp³-hybridized carbons (Fsp3) is 0.222. The van der Waals surface area contributed by atoms with Crippen LogP contribution in [0.3, 0.4) is 0 Å². The Labute approximate surface area is 106 Å². The lowest BCUT2D eigenvalue weighted by molar-refractivity contribution is -0.118. The first-order chi connectivity index (χ1) is 8.04. The van der Waals surface area contributed by atoms with Crippen LogP contribution in [0.1, 0.15) is 0 Å². The van der Waals surface area contributed by atoms with Gasteiger partial charge in [0.1, 0.15) is 0 Å². The molecule has 0 radical (unpaired) electrons. The smallest absolute Gasteiger partial charge is 0.336 e. The van der Waals surface area contributed by atoms with Crippen molar-refractivity contribution in [3.05, 3.63) is 15.8 Å². The van der Waals surface area contributed by atoms with E-state index in [-0.39, 0.29) is 18.4 Å². The normalized spacial score (nSPS) is 17.4. The van der Waals surface area contributed by atoms with Crippen LogP contribution in [0.5, 0.6) is 0 Å². The highest BCUT2D eigenvalue weighted by Crippen LogP contribution is 2.23. The number of hydrogen-bond acceptors (Lipinski definition) is 3. The maximum absolute atomic E-state index is 11.5. The first-order valence-electron chi connectivity index (χ1n) is 4.69. The van der Waals surface area contributed by atoms with Gasteiger partial charge in [0.05, 0.1) is 16.6 Å². The summed E-state index contributed by atoms with van der Waals surface area (Å²) in [6, 6.07) is 1.07. The number of urea groups is 1. The molecule has 0 atom stereocenters. The first kappa shape index (κ1) is 11.9. The second-order valence-corrected chi connectivity index (χ2v) is 4.95. The number of amides is 3. The number of anilines is 1. The zero-order chi connectivity index (χ0) is 12.4. The molecule has 0 aromatic carbocycles. The number of likely N-dealkylation sites (N-methyl/N-ethyl adjacent to an activating group) is 1. The third-order valence-corrected chi connectivity index (χ3v) is 3.11. The van der Waals surface area contributed by atoms with E-state index in [9.17, 15) is 9.59 Å². The number of carbonyl (C=O) groups excluding carboxylic acids is 2. The van der Waals surface area contributed by atoms with Crippen molar-refractivity contribution >= 4 is 46.5 Å². The molecule has 1 aliphatic heterocycles. The van der Waals surface area contributed by atoms with E-state index in [0.717, 1.165) is 0 Å². The minimum absolute atomic E-state index is 0.183. The van der Waals surface area contributed by atoms with Gasteiger partial charge in [0.2, 0.25) is 11.9 Å². The molecule has 1 aliphatic rings. The molecule has 1 saturated heterocycles. The van der Waals surface area contributed by atoms with E-state index in [2.05, 4.69) is 15.6 Å². The quantitative estimate of drug-likeness (QED) is 0.810. The molecule has 6 nitrogen and oxygen atoms in total.